The highest BCUT2D eigenvalue weighted by Gasteiger charge is 2.19. The van der Waals surface area contributed by atoms with Crippen molar-refractivity contribution in [2.45, 2.75) is 56.5 Å². The Morgan fingerprint density at radius 3 is 2.83 bits per heavy atom. The van der Waals surface area contributed by atoms with E-state index in [-0.39, 0.29) is 5.91 Å². The first-order chi connectivity index (χ1) is 11.2. The summed E-state index contributed by atoms with van der Waals surface area (Å²) in [5.41, 5.74) is 1.79. The Balaban J connectivity index is 1.86. The predicted octanol–water partition coefficient (Wildman–Crippen LogP) is 3.63. The quantitative estimate of drug-likeness (QED) is 0.737. The minimum absolute atomic E-state index is 0.0518. The predicted molar refractivity (Wildman–Crippen MR) is 94.9 cm³/mol. The van der Waals surface area contributed by atoms with Gasteiger partial charge in [-0.3, -0.25) is 9.00 Å². The molecule has 1 saturated carbocycles. The molecule has 1 amide bonds. The van der Waals surface area contributed by atoms with E-state index in [4.69, 9.17) is 4.74 Å². The Hall–Kier alpha value is -1.20. The number of amides is 1. The molecule has 1 aromatic carbocycles. The summed E-state index contributed by atoms with van der Waals surface area (Å²) in [7, 11) is -0.817. The summed E-state index contributed by atoms with van der Waals surface area (Å²) < 4.78 is 17.7. The molecule has 128 valence electrons. The highest BCUT2D eigenvalue weighted by molar-refractivity contribution is 7.84. The molecule has 0 heterocycles. The van der Waals surface area contributed by atoms with Gasteiger partial charge in [0.05, 0.1) is 13.0 Å². The second-order valence-corrected chi connectivity index (χ2v) is 7.70. The average molecular weight is 337 g/mol. The van der Waals surface area contributed by atoms with Crippen LogP contribution in [0, 0.1) is 0 Å². The van der Waals surface area contributed by atoms with Gasteiger partial charge in [-0.15, -0.1) is 0 Å². The van der Waals surface area contributed by atoms with Crippen LogP contribution >= 0.6 is 0 Å². The van der Waals surface area contributed by atoms with Crippen LogP contribution < -0.4 is 5.32 Å². The molecule has 0 bridgehead atoms. The molecule has 0 aliphatic heterocycles. The van der Waals surface area contributed by atoms with Crippen molar-refractivity contribution in [1.29, 1.82) is 0 Å². The highest BCUT2D eigenvalue weighted by atomic mass is 32.2. The van der Waals surface area contributed by atoms with Crippen molar-refractivity contribution in [3.05, 3.63) is 29.8 Å². The van der Waals surface area contributed by atoms with Gasteiger partial charge in [0.25, 0.3) is 0 Å². The SMILES string of the molecule is CCOCCC(=O)Nc1cccc(C[S@@](=O)C2CCCCC2)c1. The first-order valence-corrected chi connectivity index (χ1v) is 9.91. The van der Waals surface area contributed by atoms with E-state index in [9.17, 15) is 9.00 Å². The zero-order chi connectivity index (χ0) is 16.5. The maximum atomic E-state index is 12.5. The van der Waals surface area contributed by atoms with Crippen LogP contribution in [-0.2, 0) is 26.1 Å². The van der Waals surface area contributed by atoms with Gasteiger partial charge in [-0.05, 0) is 37.5 Å². The van der Waals surface area contributed by atoms with Gasteiger partial charge in [0.1, 0.15) is 0 Å². The van der Waals surface area contributed by atoms with E-state index in [1.54, 1.807) is 0 Å². The number of benzene rings is 1. The fraction of sp³-hybridized carbons (Fsp3) is 0.611. The maximum absolute atomic E-state index is 12.5. The molecule has 4 nitrogen and oxygen atoms in total. The molecular formula is C18H27NO3S. The van der Waals surface area contributed by atoms with Crippen LogP contribution in [0.5, 0.6) is 0 Å². The van der Waals surface area contributed by atoms with E-state index in [0.717, 1.165) is 24.1 Å². The number of carbonyl (C=O) groups is 1. The van der Waals surface area contributed by atoms with Crippen LogP contribution in [0.1, 0.15) is 51.0 Å². The summed E-state index contributed by atoms with van der Waals surface area (Å²) in [5, 5.41) is 3.22. The topological polar surface area (TPSA) is 55.4 Å². The van der Waals surface area contributed by atoms with Crippen molar-refractivity contribution in [3.8, 4) is 0 Å². The van der Waals surface area contributed by atoms with Crippen molar-refractivity contribution < 1.29 is 13.7 Å². The molecule has 1 aromatic rings. The lowest BCUT2D eigenvalue weighted by atomic mass is 10.0. The molecule has 1 fully saturated rings. The average Bonchev–Trinajstić information content (AvgIpc) is 2.56. The fourth-order valence-electron chi connectivity index (χ4n) is 2.88. The van der Waals surface area contributed by atoms with Crippen molar-refractivity contribution in [3.63, 3.8) is 0 Å². The largest absolute Gasteiger partial charge is 0.381 e. The first kappa shape index (κ1) is 18.1. The molecule has 1 atom stereocenters. The number of anilines is 1. The van der Waals surface area contributed by atoms with Crippen molar-refractivity contribution in [2.24, 2.45) is 0 Å². The molecule has 1 aliphatic carbocycles. The van der Waals surface area contributed by atoms with Gasteiger partial charge in [0, 0.05) is 34.1 Å². The summed E-state index contributed by atoms with van der Waals surface area (Å²) in [6.07, 6.45) is 6.20. The van der Waals surface area contributed by atoms with Crippen LogP contribution in [0.4, 0.5) is 5.69 Å². The van der Waals surface area contributed by atoms with E-state index in [1.807, 2.05) is 31.2 Å². The van der Waals surface area contributed by atoms with Gasteiger partial charge in [-0.25, -0.2) is 0 Å². The molecule has 5 heteroatoms. The zero-order valence-corrected chi connectivity index (χ0v) is 14.7. The number of carbonyl (C=O) groups excluding carboxylic acids is 1. The van der Waals surface area contributed by atoms with Gasteiger partial charge in [0.2, 0.25) is 5.91 Å². The highest BCUT2D eigenvalue weighted by Crippen LogP contribution is 2.24. The van der Waals surface area contributed by atoms with Gasteiger partial charge in [-0.2, -0.15) is 0 Å². The summed E-state index contributed by atoms with van der Waals surface area (Å²) in [6.45, 7) is 2.97. The Bertz CT molecular complexity index is 527. The maximum Gasteiger partial charge on any atom is 0.226 e. The van der Waals surface area contributed by atoms with Crippen molar-refractivity contribution in [2.75, 3.05) is 18.5 Å². The van der Waals surface area contributed by atoms with E-state index in [1.165, 1.54) is 19.3 Å². The lowest BCUT2D eigenvalue weighted by Gasteiger charge is -2.21. The first-order valence-electron chi connectivity index (χ1n) is 8.52. The molecule has 1 N–H and O–H groups in total. The molecule has 0 aromatic heterocycles. The summed E-state index contributed by atoms with van der Waals surface area (Å²) >= 11 is 0. The second kappa shape index (κ2) is 9.83. The van der Waals surface area contributed by atoms with Crippen LogP contribution in [0.2, 0.25) is 0 Å². The molecule has 0 saturated heterocycles. The van der Waals surface area contributed by atoms with Gasteiger partial charge >= 0.3 is 0 Å². The summed E-state index contributed by atoms with van der Waals surface area (Å²) in [5.74, 6) is 0.525. The van der Waals surface area contributed by atoms with Crippen molar-refractivity contribution in [1.82, 2.24) is 0 Å². The summed E-state index contributed by atoms with van der Waals surface area (Å²) in [6, 6.07) is 7.69. The van der Waals surface area contributed by atoms with Gasteiger partial charge in [0.15, 0.2) is 0 Å². The molecule has 1 aliphatic rings. The van der Waals surface area contributed by atoms with Gasteiger partial charge in [-0.1, -0.05) is 31.4 Å². The molecule has 2 rings (SSSR count). The van der Waals surface area contributed by atoms with E-state index >= 15 is 0 Å². The van der Waals surface area contributed by atoms with Crippen molar-refractivity contribution >= 4 is 22.4 Å². The number of hydrogen-bond acceptors (Lipinski definition) is 3. The van der Waals surface area contributed by atoms with E-state index < -0.39 is 10.8 Å². The fourth-order valence-corrected chi connectivity index (χ4v) is 4.48. The van der Waals surface area contributed by atoms with Gasteiger partial charge < -0.3 is 10.1 Å². The Morgan fingerprint density at radius 1 is 1.30 bits per heavy atom. The second-order valence-electron chi connectivity index (χ2n) is 5.98. The van der Waals surface area contributed by atoms with Crippen LogP contribution in [-0.4, -0.2) is 28.6 Å². The Labute approximate surface area is 141 Å². The lowest BCUT2D eigenvalue weighted by Crippen LogP contribution is -2.20. The van der Waals surface area contributed by atoms with Crippen LogP contribution in [0.25, 0.3) is 0 Å². The monoisotopic (exact) mass is 337 g/mol. The lowest BCUT2D eigenvalue weighted by molar-refractivity contribution is -0.117. The third kappa shape index (κ3) is 6.43. The molecular weight excluding hydrogens is 310 g/mol. The standard InChI is InChI=1S/C18H27NO3S/c1-2-22-12-11-18(20)19-16-8-6-7-15(13-16)14-23(21)17-9-4-3-5-10-17/h6-8,13,17H,2-5,9-12,14H2,1H3,(H,19,20)/t23-/m1/s1. The molecule has 23 heavy (non-hydrogen) atoms. The minimum Gasteiger partial charge on any atom is -0.381 e. The third-order valence-electron chi connectivity index (χ3n) is 4.12. The van der Waals surface area contributed by atoms with Crippen LogP contribution in [0.3, 0.4) is 0 Å². The molecule has 0 radical (unpaired) electrons. The minimum atomic E-state index is -0.817. The van der Waals surface area contributed by atoms with E-state index in [2.05, 4.69) is 5.32 Å². The Morgan fingerprint density at radius 2 is 2.09 bits per heavy atom. The Kier molecular flexibility index (Phi) is 7.76. The third-order valence-corrected chi connectivity index (χ3v) is 5.95. The van der Waals surface area contributed by atoms with E-state index in [0.29, 0.717) is 30.6 Å². The number of hydrogen-bond donors (Lipinski definition) is 1. The molecule has 0 spiro atoms. The zero-order valence-electron chi connectivity index (χ0n) is 13.9. The summed E-state index contributed by atoms with van der Waals surface area (Å²) in [4.78, 5) is 11.8. The number of nitrogens with one attached hydrogen (secondary N) is 1. The normalized spacial score (nSPS) is 16.9. The smallest absolute Gasteiger partial charge is 0.226 e. The number of rotatable bonds is 8. The van der Waals surface area contributed by atoms with Crippen LogP contribution in [0.15, 0.2) is 24.3 Å². The molecule has 0 unspecified atom stereocenters. The number of ether oxygens (including phenoxy) is 1.